The van der Waals surface area contributed by atoms with Crippen molar-refractivity contribution in [3.05, 3.63) is 53.2 Å². The highest BCUT2D eigenvalue weighted by atomic mass is 35.5. The summed E-state index contributed by atoms with van der Waals surface area (Å²) in [7, 11) is 0. The summed E-state index contributed by atoms with van der Waals surface area (Å²) >= 11 is 6.28. The van der Waals surface area contributed by atoms with Gasteiger partial charge >= 0.3 is 0 Å². The van der Waals surface area contributed by atoms with E-state index in [0.29, 0.717) is 24.7 Å². The van der Waals surface area contributed by atoms with E-state index in [-0.39, 0.29) is 30.9 Å². The van der Waals surface area contributed by atoms with E-state index in [1.165, 1.54) is 4.90 Å². The monoisotopic (exact) mass is 371 g/mol. The Kier molecular flexibility index (Phi) is 4.51. The van der Waals surface area contributed by atoms with Crippen LogP contribution in [0.1, 0.15) is 17.9 Å². The molecule has 0 N–H and O–H groups in total. The van der Waals surface area contributed by atoms with E-state index >= 15 is 0 Å². The summed E-state index contributed by atoms with van der Waals surface area (Å²) in [5, 5.41) is 0.730. The predicted octanol–water partition coefficient (Wildman–Crippen LogP) is 2.48. The highest BCUT2D eigenvalue weighted by Crippen LogP contribution is 2.33. The van der Waals surface area contributed by atoms with Crippen LogP contribution < -0.4 is 9.64 Å². The molecule has 0 saturated carbocycles. The SMILES string of the molecule is O=C(CN1C(=O)COc2cccnc21)N1CC[C@H](c2ccccc2Cl)C1. The number of nitrogens with zero attached hydrogens (tertiary/aromatic N) is 3. The minimum absolute atomic E-state index is 0.0263. The van der Waals surface area contributed by atoms with Crippen molar-refractivity contribution in [1.29, 1.82) is 0 Å². The molecule has 4 rings (SSSR count). The Hall–Kier alpha value is -2.60. The number of hydrogen-bond acceptors (Lipinski definition) is 4. The summed E-state index contributed by atoms with van der Waals surface area (Å²) in [6.07, 6.45) is 2.45. The maximum atomic E-state index is 12.8. The van der Waals surface area contributed by atoms with E-state index in [0.717, 1.165) is 17.0 Å². The highest BCUT2D eigenvalue weighted by Gasteiger charge is 2.33. The lowest BCUT2D eigenvalue weighted by atomic mass is 9.98. The maximum Gasteiger partial charge on any atom is 0.266 e. The maximum absolute atomic E-state index is 12.8. The van der Waals surface area contributed by atoms with Gasteiger partial charge in [-0.25, -0.2) is 4.98 Å². The average molecular weight is 372 g/mol. The first-order valence-corrected chi connectivity index (χ1v) is 8.91. The van der Waals surface area contributed by atoms with Crippen molar-refractivity contribution >= 4 is 29.2 Å². The molecule has 2 aliphatic heterocycles. The van der Waals surface area contributed by atoms with E-state index in [1.807, 2.05) is 24.3 Å². The van der Waals surface area contributed by atoms with E-state index in [2.05, 4.69) is 4.98 Å². The van der Waals surface area contributed by atoms with E-state index in [9.17, 15) is 9.59 Å². The largest absolute Gasteiger partial charge is 0.480 e. The van der Waals surface area contributed by atoms with E-state index in [1.54, 1.807) is 23.2 Å². The fourth-order valence-electron chi connectivity index (χ4n) is 3.48. The number of ether oxygens (including phenoxy) is 1. The molecule has 1 saturated heterocycles. The van der Waals surface area contributed by atoms with Crippen LogP contribution in [0.2, 0.25) is 5.02 Å². The number of carbonyl (C=O) groups is 2. The van der Waals surface area contributed by atoms with Gasteiger partial charge < -0.3 is 9.64 Å². The third-order valence-electron chi connectivity index (χ3n) is 4.84. The number of fused-ring (bicyclic) bond motifs is 1. The summed E-state index contributed by atoms with van der Waals surface area (Å²) in [5.74, 6) is 0.797. The molecule has 1 fully saturated rings. The zero-order valence-electron chi connectivity index (χ0n) is 14.1. The van der Waals surface area contributed by atoms with Crippen molar-refractivity contribution in [2.24, 2.45) is 0 Å². The lowest BCUT2D eigenvalue weighted by Gasteiger charge is -2.29. The second kappa shape index (κ2) is 6.96. The Morgan fingerprint density at radius 1 is 1.27 bits per heavy atom. The molecule has 0 bridgehead atoms. The van der Waals surface area contributed by atoms with Crippen molar-refractivity contribution in [1.82, 2.24) is 9.88 Å². The first-order chi connectivity index (χ1) is 12.6. The summed E-state index contributed by atoms with van der Waals surface area (Å²) in [6.45, 7) is 1.16. The molecule has 1 aromatic heterocycles. The Balaban J connectivity index is 1.46. The van der Waals surface area contributed by atoms with Crippen LogP contribution in [0.4, 0.5) is 5.82 Å². The molecule has 2 aromatic rings. The van der Waals surface area contributed by atoms with Crippen molar-refractivity contribution in [2.75, 3.05) is 31.1 Å². The third kappa shape index (κ3) is 3.12. The highest BCUT2D eigenvalue weighted by molar-refractivity contribution is 6.31. The van der Waals surface area contributed by atoms with Crippen LogP contribution in [0.3, 0.4) is 0 Å². The topological polar surface area (TPSA) is 62.7 Å². The molecule has 6 nitrogen and oxygen atoms in total. The van der Waals surface area contributed by atoms with Crippen LogP contribution >= 0.6 is 11.6 Å². The van der Waals surface area contributed by atoms with Crippen LogP contribution in [0.5, 0.6) is 5.75 Å². The molecular formula is C19H18ClN3O3. The van der Waals surface area contributed by atoms with Gasteiger partial charge in [0.2, 0.25) is 5.91 Å². The average Bonchev–Trinajstić information content (AvgIpc) is 3.14. The number of pyridine rings is 1. The summed E-state index contributed by atoms with van der Waals surface area (Å²) in [4.78, 5) is 32.4. The molecule has 1 atom stereocenters. The van der Waals surface area contributed by atoms with Gasteiger partial charge in [0.1, 0.15) is 6.54 Å². The number of benzene rings is 1. The van der Waals surface area contributed by atoms with E-state index in [4.69, 9.17) is 16.3 Å². The zero-order valence-corrected chi connectivity index (χ0v) is 14.9. The van der Waals surface area contributed by atoms with Crippen LogP contribution in [-0.4, -0.2) is 47.9 Å². The van der Waals surface area contributed by atoms with Crippen LogP contribution in [-0.2, 0) is 9.59 Å². The summed E-state index contributed by atoms with van der Waals surface area (Å²) in [6, 6.07) is 11.2. The summed E-state index contributed by atoms with van der Waals surface area (Å²) < 4.78 is 5.37. The van der Waals surface area contributed by atoms with Gasteiger partial charge in [-0.15, -0.1) is 0 Å². The van der Waals surface area contributed by atoms with Gasteiger partial charge in [-0.1, -0.05) is 29.8 Å². The standard InChI is InChI=1S/C19H18ClN3O3/c20-15-5-2-1-4-14(15)13-7-9-22(10-13)17(24)11-23-18(25)12-26-16-6-3-8-21-19(16)23/h1-6,8,13H,7,9-12H2/t13-/m0/s1. The first-order valence-electron chi connectivity index (χ1n) is 8.54. The number of amides is 2. The van der Waals surface area contributed by atoms with Crippen LogP contribution in [0.15, 0.2) is 42.6 Å². The normalized spacial score (nSPS) is 19.3. The van der Waals surface area contributed by atoms with Gasteiger partial charge in [0.05, 0.1) is 0 Å². The minimum Gasteiger partial charge on any atom is -0.480 e. The number of halogens is 1. The molecule has 0 unspecified atom stereocenters. The Bertz CT molecular complexity index is 857. The second-order valence-corrected chi connectivity index (χ2v) is 6.85. The molecule has 26 heavy (non-hydrogen) atoms. The van der Waals surface area contributed by atoms with Crippen molar-refractivity contribution < 1.29 is 14.3 Å². The fraction of sp³-hybridized carbons (Fsp3) is 0.316. The molecular weight excluding hydrogens is 354 g/mol. The van der Waals surface area contributed by atoms with Crippen molar-refractivity contribution in [3.63, 3.8) is 0 Å². The lowest BCUT2D eigenvalue weighted by molar-refractivity contribution is -0.131. The Morgan fingerprint density at radius 2 is 2.12 bits per heavy atom. The van der Waals surface area contributed by atoms with Gasteiger partial charge in [0.15, 0.2) is 18.2 Å². The van der Waals surface area contributed by atoms with Gasteiger partial charge in [0, 0.05) is 30.2 Å². The Labute approximate surface area is 156 Å². The molecule has 7 heteroatoms. The van der Waals surface area contributed by atoms with Crippen molar-refractivity contribution in [3.8, 4) is 5.75 Å². The number of aromatic nitrogens is 1. The third-order valence-corrected chi connectivity index (χ3v) is 5.18. The first kappa shape index (κ1) is 16.8. The zero-order chi connectivity index (χ0) is 18.1. The number of carbonyl (C=O) groups excluding carboxylic acids is 2. The molecule has 2 amide bonds. The second-order valence-electron chi connectivity index (χ2n) is 6.44. The Morgan fingerprint density at radius 3 is 2.96 bits per heavy atom. The summed E-state index contributed by atoms with van der Waals surface area (Å²) in [5.41, 5.74) is 1.07. The molecule has 134 valence electrons. The molecule has 0 spiro atoms. The number of anilines is 1. The van der Waals surface area contributed by atoms with Crippen molar-refractivity contribution in [2.45, 2.75) is 12.3 Å². The fourth-order valence-corrected chi connectivity index (χ4v) is 3.77. The van der Waals surface area contributed by atoms with Gasteiger partial charge in [-0.3, -0.25) is 14.5 Å². The van der Waals surface area contributed by atoms with Gasteiger partial charge in [-0.05, 0) is 30.2 Å². The minimum atomic E-state index is -0.258. The molecule has 0 radical (unpaired) electrons. The molecule has 3 heterocycles. The van der Waals surface area contributed by atoms with E-state index < -0.39 is 0 Å². The number of rotatable bonds is 3. The van der Waals surface area contributed by atoms with Gasteiger partial charge in [-0.2, -0.15) is 0 Å². The van der Waals surface area contributed by atoms with Crippen LogP contribution in [0.25, 0.3) is 0 Å². The van der Waals surface area contributed by atoms with Gasteiger partial charge in [0.25, 0.3) is 5.91 Å². The molecule has 2 aliphatic rings. The lowest BCUT2D eigenvalue weighted by Crippen LogP contribution is -2.46. The number of likely N-dealkylation sites (tertiary alicyclic amines) is 1. The number of hydrogen-bond donors (Lipinski definition) is 0. The predicted molar refractivity (Wildman–Crippen MR) is 97.5 cm³/mol. The smallest absolute Gasteiger partial charge is 0.266 e. The quantitative estimate of drug-likeness (QED) is 0.831. The van der Waals surface area contributed by atoms with Crippen LogP contribution in [0, 0.1) is 0 Å². The molecule has 1 aromatic carbocycles. The molecule has 0 aliphatic carbocycles.